The van der Waals surface area contributed by atoms with Crippen molar-refractivity contribution in [2.75, 3.05) is 4.90 Å². The number of anilines is 3. The predicted molar refractivity (Wildman–Crippen MR) is 200 cm³/mol. The van der Waals surface area contributed by atoms with E-state index in [0.717, 1.165) is 0 Å². The molecular weight excluding hydrogens is 625 g/mol. The molecule has 5 heteroatoms. The third-order valence-corrected chi connectivity index (χ3v) is 15.9. The Morgan fingerprint density at radius 3 is 1.60 bits per heavy atom. The first-order chi connectivity index (χ1) is 23.3. The molecule has 0 saturated heterocycles. The van der Waals surface area contributed by atoms with Gasteiger partial charge in [-0.2, -0.15) is 0 Å². The van der Waals surface area contributed by atoms with E-state index >= 15 is 0 Å². The van der Waals surface area contributed by atoms with Gasteiger partial charge in [-0.25, -0.2) is 0 Å². The van der Waals surface area contributed by atoms with Gasteiger partial charge in [-0.1, -0.05) is 125 Å². The first-order valence-electron chi connectivity index (χ1n) is 16.0. The van der Waals surface area contributed by atoms with Gasteiger partial charge in [0, 0.05) is 44.9 Å². The maximum Gasteiger partial charge on any atom is 0.247 e. The molecule has 3 aliphatic heterocycles. The summed E-state index contributed by atoms with van der Waals surface area (Å²) in [4.78, 5) is 13.4. The lowest BCUT2D eigenvalue weighted by atomic mass is 9.36. The van der Waals surface area contributed by atoms with Crippen molar-refractivity contribution in [2.45, 2.75) is 39.2 Å². The summed E-state index contributed by atoms with van der Waals surface area (Å²) >= 11 is 3.84. The summed E-state index contributed by atoms with van der Waals surface area (Å²) in [5.41, 5.74) is 7.98. The van der Waals surface area contributed by atoms with Crippen molar-refractivity contribution in [3.63, 3.8) is 0 Å². The maximum atomic E-state index is 2.51. The van der Waals surface area contributed by atoms with Gasteiger partial charge in [0.25, 0.3) is 0 Å². The van der Waals surface area contributed by atoms with Crippen LogP contribution in [0.15, 0.2) is 209 Å². The fraction of sp³-hybridized carbons (Fsp3) is 0. The number of rotatable bonds is 3. The molecule has 0 unspecified atom stereocenters. The molecule has 7 aromatic rings. The zero-order valence-electron chi connectivity index (χ0n) is 25.4. The van der Waals surface area contributed by atoms with E-state index in [-0.39, 0.29) is 6.71 Å². The molecule has 0 atom stereocenters. The van der Waals surface area contributed by atoms with E-state index in [1.54, 1.807) is 0 Å². The van der Waals surface area contributed by atoms with Crippen molar-refractivity contribution >= 4 is 73.7 Å². The van der Waals surface area contributed by atoms with E-state index in [1.165, 1.54) is 72.6 Å². The molecule has 0 radical (unpaired) electrons. The van der Waals surface area contributed by atoms with Crippen LogP contribution in [0.5, 0.6) is 0 Å². The lowest BCUT2D eigenvalue weighted by Crippen LogP contribution is -2.57. The molecular formula is C42H28BNS3. The van der Waals surface area contributed by atoms with Crippen LogP contribution in [0.1, 0.15) is 0 Å². The highest BCUT2D eigenvalue weighted by molar-refractivity contribution is 8.34. The fourth-order valence-electron chi connectivity index (χ4n) is 7.72. The van der Waals surface area contributed by atoms with Crippen LogP contribution >= 0.6 is 33.6 Å². The topological polar surface area (TPSA) is 3.24 Å². The zero-order valence-corrected chi connectivity index (χ0v) is 27.9. The molecule has 3 heterocycles. The van der Waals surface area contributed by atoms with Crippen LogP contribution in [0, 0.1) is 0 Å². The maximum absolute atomic E-state index is 2.51. The van der Waals surface area contributed by atoms with E-state index in [2.05, 4.69) is 175 Å². The molecule has 0 bridgehead atoms. The molecule has 0 N–H and O–H groups in total. The van der Waals surface area contributed by atoms with E-state index in [1.807, 2.05) is 23.5 Å². The highest BCUT2D eigenvalue weighted by Gasteiger charge is 2.43. The van der Waals surface area contributed by atoms with Crippen molar-refractivity contribution in [1.82, 2.24) is 0 Å². The molecule has 3 aliphatic rings. The Balaban J connectivity index is 1.21. The van der Waals surface area contributed by atoms with Crippen LogP contribution in [-0.4, -0.2) is 6.71 Å². The van der Waals surface area contributed by atoms with Gasteiger partial charge in [0.2, 0.25) is 6.71 Å². The first kappa shape index (κ1) is 27.6. The van der Waals surface area contributed by atoms with Crippen LogP contribution in [0.3, 0.4) is 0 Å². The molecule has 0 aliphatic carbocycles. The highest BCUT2D eigenvalue weighted by Crippen LogP contribution is 2.79. The van der Waals surface area contributed by atoms with E-state index < -0.39 is 10.0 Å². The van der Waals surface area contributed by atoms with Crippen LogP contribution < -0.4 is 21.3 Å². The number of benzene rings is 7. The summed E-state index contributed by atoms with van der Waals surface area (Å²) in [5.74, 6) is 0. The molecule has 0 amide bonds. The second-order valence-electron chi connectivity index (χ2n) is 12.1. The number of hydrogen-bond donors (Lipinski definition) is 0. The van der Waals surface area contributed by atoms with Gasteiger partial charge in [0.15, 0.2) is 0 Å². The van der Waals surface area contributed by atoms with Crippen molar-refractivity contribution < 1.29 is 0 Å². The molecule has 10 rings (SSSR count). The molecule has 0 fully saturated rings. The van der Waals surface area contributed by atoms with Crippen LogP contribution in [0.25, 0.3) is 0 Å². The average Bonchev–Trinajstić information content (AvgIpc) is 3.14. The van der Waals surface area contributed by atoms with Crippen molar-refractivity contribution in [1.29, 1.82) is 0 Å². The number of nitrogens with zero attached hydrogens (tertiary/aromatic N) is 1. The smallest absolute Gasteiger partial charge is 0.247 e. The van der Waals surface area contributed by atoms with Gasteiger partial charge >= 0.3 is 0 Å². The third kappa shape index (κ3) is 3.97. The van der Waals surface area contributed by atoms with Gasteiger partial charge in [-0.05, 0) is 84.3 Å². The predicted octanol–water partition coefficient (Wildman–Crippen LogP) is 10.3. The molecule has 222 valence electrons. The summed E-state index contributed by atoms with van der Waals surface area (Å²) < 4.78 is 0. The van der Waals surface area contributed by atoms with Crippen LogP contribution in [0.2, 0.25) is 0 Å². The fourth-order valence-corrected chi connectivity index (χ4v) is 14.3. The Kier molecular flexibility index (Phi) is 6.30. The van der Waals surface area contributed by atoms with Gasteiger partial charge < -0.3 is 4.90 Å². The van der Waals surface area contributed by atoms with Crippen LogP contribution in [0.4, 0.5) is 17.1 Å². The van der Waals surface area contributed by atoms with E-state index in [9.17, 15) is 0 Å². The number of para-hydroxylation sites is 2. The lowest BCUT2D eigenvalue weighted by molar-refractivity contribution is 1.11. The molecule has 0 spiro atoms. The molecule has 0 saturated carbocycles. The Morgan fingerprint density at radius 1 is 0.426 bits per heavy atom. The molecule has 47 heavy (non-hydrogen) atoms. The largest absolute Gasteiger partial charge is 0.308 e. The SMILES string of the molecule is c1ccc(S2(c3ccccc3)c3ccccc3N(c3ccc4c(c3)Sc3cccc5c3B4c3ccccc3S5)c3ccccc32)cc1. The second-order valence-corrected chi connectivity index (χ2v) is 17.3. The molecule has 7 aromatic carbocycles. The van der Waals surface area contributed by atoms with Gasteiger partial charge in [0.05, 0.1) is 11.4 Å². The second kappa shape index (κ2) is 10.7. The molecule has 1 nitrogen and oxygen atoms in total. The summed E-state index contributed by atoms with van der Waals surface area (Å²) in [6.07, 6.45) is 0. The number of hydrogen-bond acceptors (Lipinski definition) is 3. The van der Waals surface area contributed by atoms with Crippen molar-refractivity contribution in [3.05, 3.63) is 170 Å². The Hall–Kier alpha value is -4.55. The van der Waals surface area contributed by atoms with Gasteiger partial charge in [0.1, 0.15) is 0 Å². The summed E-state index contributed by atoms with van der Waals surface area (Å²) in [7, 11) is -1.76. The third-order valence-electron chi connectivity index (χ3n) is 9.62. The van der Waals surface area contributed by atoms with Crippen molar-refractivity contribution in [3.8, 4) is 0 Å². The monoisotopic (exact) mass is 653 g/mol. The molecule has 0 aromatic heterocycles. The lowest BCUT2D eigenvalue weighted by Gasteiger charge is -2.50. The summed E-state index contributed by atoms with van der Waals surface area (Å²) in [6.45, 7) is 0.248. The van der Waals surface area contributed by atoms with Gasteiger partial charge in [-0.15, -0.1) is 10.0 Å². The minimum atomic E-state index is -1.76. The van der Waals surface area contributed by atoms with Gasteiger partial charge in [-0.3, -0.25) is 0 Å². The van der Waals surface area contributed by atoms with E-state index in [0.29, 0.717) is 0 Å². The standard InChI is InChI=1S/C42H28BNS3/c1-3-14-30(15-4-1)47(31-16-5-2-6-17-31)40-24-11-8-19-34(40)44(35-20-9-12-25-41(35)47)29-26-27-33-39(28-29)46-38-23-13-22-37-42(38)43(33)32-18-7-10-21-36(32)45-37/h1-28H. The quantitative estimate of drug-likeness (QED) is 0.175. The van der Waals surface area contributed by atoms with E-state index in [4.69, 9.17) is 0 Å². The minimum Gasteiger partial charge on any atom is -0.308 e. The van der Waals surface area contributed by atoms with Crippen LogP contribution in [-0.2, 0) is 0 Å². The Morgan fingerprint density at radius 2 is 0.936 bits per heavy atom. The summed E-state index contributed by atoms with van der Waals surface area (Å²) in [5, 5.41) is 0. The number of fused-ring (bicyclic) bond motifs is 6. The highest BCUT2D eigenvalue weighted by atomic mass is 32.3. The zero-order chi connectivity index (χ0) is 31.0. The van der Waals surface area contributed by atoms with Crippen molar-refractivity contribution in [2.24, 2.45) is 0 Å². The minimum absolute atomic E-state index is 0.248. The first-order valence-corrected chi connectivity index (χ1v) is 19.2. The Labute approximate surface area is 286 Å². The normalized spacial score (nSPS) is 15.4. The Bertz CT molecular complexity index is 2250. The summed E-state index contributed by atoms with van der Waals surface area (Å²) in [6, 6.07) is 63.5. The average molecular weight is 654 g/mol.